The monoisotopic (exact) mass is 698 g/mol. The van der Waals surface area contributed by atoms with Crippen LogP contribution in [0.1, 0.15) is 12.5 Å². The number of aliphatic hydroxyl groups is 2. The van der Waals surface area contributed by atoms with Crippen LogP contribution < -0.4 is 11.3 Å². The molecule has 5 aromatic heterocycles. The maximum atomic E-state index is 13.3. The number of imidazole rings is 3. The maximum absolute atomic E-state index is 13.3. The minimum Gasteiger partial charge on any atom is -0.387 e. The Balaban J connectivity index is 1.12. The topological polar surface area (TPSA) is 308 Å². The molecule has 3 aliphatic rings. The molecule has 2 bridgehead atoms. The van der Waals surface area contributed by atoms with Crippen LogP contribution in [0.5, 0.6) is 0 Å². The summed E-state index contributed by atoms with van der Waals surface area (Å²) in [6, 6.07) is 0. The largest absolute Gasteiger partial charge is 0.472 e. The third-order valence-corrected chi connectivity index (χ3v) is 9.93. The van der Waals surface area contributed by atoms with Crippen LogP contribution in [0.3, 0.4) is 0 Å². The molecule has 0 radical (unpaired) electrons. The first-order valence-electron chi connectivity index (χ1n) is 13.7. The number of H-pyrrole nitrogens is 1. The molecular formula is C22H24N10O13P2. The lowest BCUT2D eigenvalue weighted by molar-refractivity contribution is -0.0672. The van der Waals surface area contributed by atoms with Gasteiger partial charge in [0, 0.05) is 12.4 Å². The summed E-state index contributed by atoms with van der Waals surface area (Å²) in [5.41, 5.74) is 5.66. The molecule has 0 aromatic carbocycles. The summed E-state index contributed by atoms with van der Waals surface area (Å²) in [5, 5.41) is 22.3. The van der Waals surface area contributed by atoms with Crippen molar-refractivity contribution in [3.05, 3.63) is 41.7 Å². The van der Waals surface area contributed by atoms with Crippen LogP contribution in [0.15, 0.2) is 36.2 Å². The molecular weight excluding hydrogens is 674 g/mol. The van der Waals surface area contributed by atoms with E-state index in [1.165, 1.54) is 38.6 Å². The number of nitrogens with zero attached hydrogens (tertiary/aromatic N) is 8. The normalized spacial score (nSPS) is 36.8. The van der Waals surface area contributed by atoms with Crippen LogP contribution in [0.4, 0.5) is 5.82 Å². The minimum atomic E-state index is -5.09. The molecule has 0 amide bonds. The Morgan fingerprint density at radius 3 is 2.32 bits per heavy atom. The zero-order valence-corrected chi connectivity index (χ0v) is 25.2. The number of aliphatic hydroxyl groups excluding tert-OH is 2. The van der Waals surface area contributed by atoms with Gasteiger partial charge in [0.15, 0.2) is 29.4 Å². The number of phosphoric ester groups is 2. The van der Waals surface area contributed by atoms with Crippen LogP contribution in [0.2, 0.25) is 0 Å². The predicted octanol–water partition coefficient (Wildman–Crippen LogP) is -1.67. The molecule has 25 heteroatoms. The Morgan fingerprint density at radius 2 is 1.53 bits per heavy atom. The molecule has 5 aromatic rings. The van der Waals surface area contributed by atoms with Gasteiger partial charge >= 0.3 is 15.6 Å². The molecule has 23 nitrogen and oxygen atoms in total. The van der Waals surface area contributed by atoms with E-state index in [9.17, 15) is 33.9 Å². The Morgan fingerprint density at radius 1 is 0.851 bits per heavy atom. The molecule has 0 spiro atoms. The highest BCUT2D eigenvalue weighted by Crippen LogP contribution is 2.53. The van der Waals surface area contributed by atoms with Crippen molar-refractivity contribution in [2.75, 3.05) is 18.9 Å². The second-order valence-electron chi connectivity index (χ2n) is 10.8. The molecule has 7 N–H and O–H groups in total. The zero-order valence-electron chi connectivity index (χ0n) is 23.4. The van der Waals surface area contributed by atoms with Gasteiger partial charge in [0.05, 0.1) is 25.9 Å². The fourth-order valence-corrected chi connectivity index (χ4v) is 7.68. The molecule has 10 atom stereocenters. The fourth-order valence-electron chi connectivity index (χ4n) is 5.78. The molecule has 2 unspecified atom stereocenters. The number of hydrogen-bond acceptors (Lipinski definition) is 17. The number of anilines is 1. The molecule has 8 heterocycles. The van der Waals surface area contributed by atoms with E-state index in [0.29, 0.717) is 0 Å². The first-order chi connectivity index (χ1) is 22.4. The summed E-state index contributed by atoms with van der Waals surface area (Å²) < 4.78 is 62.9. The Kier molecular flexibility index (Phi) is 7.11. The summed E-state index contributed by atoms with van der Waals surface area (Å²) in [6.07, 6.45) is -6.17. The lowest BCUT2D eigenvalue weighted by Crippen LogP contribution is -2.36. The van der Waals surface area contributed by atoms with Gasteiger partial charge in [0.25, 0.3) is 5.56 Å². The number of fused-ring (bicyclic) bond motifs is 6. The molecule has 3 aliphatic heterocycles. The van der Waals surface area contributed by atoms with Gasteiger partial charge in [-0.05, 0) is 0 Å². The standard InChI is InChI=1S/C22H24N10O13P2/c23-16-10-17(26-5-25-16)31(6-27-10)21-15-12(33)8(42-21)3-40-46(36,37)44-14-9(4-41-47(38,39)45-15)43-20(13(14)34)32-7-28-11-18(32)29-22-24-1-2-30(22)19(11)35/h1-2,5-9,12-15,20-21,33-34H,3-4H2,(H,24,29)(H,36,37)(H,38,39)(H2,23,25,26)/t8-,9-,12-,13-,14-,15-,20-,21-/m1/s1. The van der Waals surface area contributed by atoms with Crippen LogP contribution in [0.25, 0.3) is 28.1 Å². The van der Waals surface area contributed by atoms with Crippen molar-refractivity contribution < 1.29 is 56.7 Å². The number of rotatable bonds is 2. The van der Waals surface area contributed by atoms with Gasteiger partial charge in [0.2, 0.25) is 5.78 Å². The van der Waals surface area contributed by atoms with Crippen molar-refractivity contribution >= 4 is 49.6 Å². The third kappa shape index (κ3) is 5.08. The van der Waals surface area contributed by atoms with E-state index >= 15 is 0 Å². The second-order valence-corrected chi connectivity index (χ2v) is 13.6. The fraction of sp³-hybridized carbons (Fsp3) is 0.455. The second kappa shape index (κ2) is 10.9. The lowest BCUT2D eigenvalue weighted by atomic mass is 10.1. The first kappa shape index (κ1) is 30.6. The summed E-state index contributed by atoms with van der Waals surface area (Å²) in [5.74, 6) is 0.181. The van der Waals surface area contributed by atoms with Crippen LogP contribution in [0, 0.1) is 0 Å². The number of nitrogen functional groups attached to an aromatic ring is 1. The van der Waals surface area contributed by atoms with Gasteiger partial charge < -0.3 is 40.2 Å². The van der Waals surface area contributed by atoms with Crippen LogP contribution in [-0.4, -0.2) is 113 Å². The van der Waals surface area contributed by atoms with E-state index in [4.69, 9.17) is 33.3 Å². The van der Waals surface area contributed by atoms with Crippen LogP contribution in [-0.2, 0) is 36.7 Å². The SMILES string of the molecule is Nc1ncnc2c1ncn2[C@@H]1O[C@@H]2COP(=O)(O)O[C@H]3[C@@H](O)[C@H](n4cnc5c(=O)n6ccnc6[nH]c54)O[C@@H]3COP(=O)(O)O[C@@H]1[C@@H]2O. The van der Waals surface area contributed by atoms with Crippen molar-refractivity contribution in [3.63, 3.8) is 0 Å². The van der Waals surface area contributed by atoms with Gasteiger partial charge in [-0.1, -0.05) is 0 Å². The summed E-state index contributed by atoms with van der Waals surface area (Å²) >= 11 is 0. The van der Waals surface area contributed by atoms with Gasteiger partial charge in [-0.25, -0.2) is 38.5 Å². The van der Waals surface area contributed by atoms with E-state index in [0.717, 1.165) is 6.33 Å². The summed E-state index contributed by atoms with van der Waals surface area (Å²) in [4.78, 5) is 57.4. The number of aromatic amines is 1. The highest BCUT2D eigenvalue weighted by Gasteiger charge is 2.54. The van der Waals surface area contributed by atoms with Crippen molar-refractivity contribution in [1.29, 1.82) is 0 Å². The minimum absolute atomic E-state index is 0.0257. The number of nitrogens with one attached hydrogen (secondary N) is 1. The Hall–Kier alpha value is -3.70. The number of nitrogens with two attached hydrogens (primary N) is 1. The average molecular weight is 698 g/mol. The van der Waals surface area contributed by atoms with Crippen molar-refractivity contribution in [2.24, 2.45) is 0 Å². The molecule has 3 saturated heterocycles. The molecule has 47 heavy (non-hydrogen) atoms. The zero-order chi connectivity index (χ0) is 32.8. The Labute approximate surface area is 259 Å². The number of ether oxygens (including phenoxy) is 2. The van der Waals surface area contributed by atoms with Crippen molar-refractivity contribution in [3.8, 4) is 0 Å². The molecule has 0 saturated carbocycles. The van der Waals surface area contributed by atoms with E-state index < -0.39 is 83.5 Å². The van der Waals surface area contributed by atoms with E-state index in [1.807, 2.05) is 0 Å². The Bertz CT molecular complexity index is 2170. The van der Waals surface area contributed by atoms with Gasteiger partial charge in [-0.3, -0.25) is 32.0 Å². The molecule has 0 aliphatic carbocycles. The van der Waals surface area contributed by atoms with Gasteiger partial charge in [-0.2, -0.15) is 0 Å². The predicted molar refractivity (Wildman–Crippen MR) is 150 cm³/mol. The van der Waals surface area contributed by atoms with Crippen LogP contribution >= 0.6 is 15.6 Å². The van der Waals surface area contributed by atoms with Gasteiger partial charge in [-0.15, -0.1) is 0 Å². The van der Waals surface area contributed by atoms with E-state index in [2.05, 4.69) is 29.9 Å². The molecule has 8 rings (SSSR count). The average Bonchev–Trinajstić information content (AvgIpc) is 3.85. The number of hydrogen-bond donors (Lipinski definition) is 6. The number of phosphoric acid groups is 2. The van der Waals surface area contributed by atoms with Gasteiger partial charge in [0.1, 0.15) is 54.1 Å². The highest BCUT2D eigenvalue weighted by molar-refractivity contribution is 7.47. The van der Waals surface area contributed by atoms with E-state index in [-0.39, 0.29) is 33.9 Å². The smallest absolute Gasteiger partial charge is 0.387 e. The highest BCUT2D eigenvalue weighted by atomic mass is 31.2. The number of aromatic nitrogens is 9. The quantitative estimate of drug-likeness (QED) is 0.112. The van der Waals surface area contributed by atoms with E-state index in [1.54, 1.807) is 0 Å². The third-order valence-electron chi connectivity index (χ3n) is 7.96. The summed E-state index contributed by atoms with van der Waals surface area (Å²) in [6.45, 7) is -1.62. The first-order valence-corrected chi connectivity index (χ1v) is 16.7. The molecule has 3 fully saturated rings. The van der Waals surface area contributed by atoms with Crippen molar-refractivity contribution in [1.82, 2.24) is 43.4 Å². The maximum Gasteiger partial charge on any atom is 0.472 e. The molecule has 250 valence electrons. The summed E-state index contributed by atoms with van der Waals surface area (Å²) in [7, 11) is -10.2. The lowest BCUT2D eigenvalue weighted by Gasteiger charge is -2.25. The van der Waals surface area contributed by atoms with Crippen molar-refractivity contribution in [2.45, 2.75) is 49.1 Å².